The van der Waals surface area contributed by atoms with Crippen LogP contribution in [0.25, 0.3) is 11.3 Å². The number of nitrogens with zero attached hydrogens (tertiary/aromatic N) is 2. The standard InChI is InChI=1S/C23H24FN3O3/c1-16(2)17-5-9-20(10-6-17)30-15-22(28)25-13-14-27-23(29)12-11-21(26-27)18-3-7-19(24)8-4-18/h3-12,16H,13-15H2,1-2H3,(H,25,28). The lowest BCUT2D eigenvalue weighted by atomic mass is 10.0. The number of hydrogen-bond acceptors (Lipinski definition) is 4. The maximum absolute atomic E-state index is 13.1. The summed E-state index contributed by atoms with van der Waals surface area (Å²) in [5.41, 5.74) is 2.17. The summed E-state index contributed by atoms with van der Waals surface area (Å²) >= 11 is 0. The van der Waals surface area contributed by atoms with Gasteiger partial charge in [-0.3, -0.25) is 9.59 Å². The summed E-state index contributed by atoms with van der Waals surface area (Å²) in [4.78, 5) is 24.0. The Morgan fingerprint density at radius 2 is 1.77 bits per heavy atom. The van der Waals surface area contributed by atoms with E-state index in [1.807, 2.05) is 24.3 Å². The van der Waals surface area contributed by atoms with E-state index in [-0.39, 0.29) is 37.0 Å². The zero-order valence-corrected chi connectivity index (χ0v) is 17.0. The van der Waals surface area contributed by atoms with E-state index >= 15 is 0 Å². The van der Waals surface area contributed by atoms with Crippen molar-refractivity contribution < 1.29 is 13.9 Å². The molecular formula is C23H24FN3O3. The molecule has 0 bridgehead atoms. The highest BCUT2D eigenvalue weighted by Gasteiger charge is 2.06. The fourth-order valence-corrected chi connectivity index (χ4v) is 2.83. The zero-order valence-electron chi connectivity index (χ0n) is 17.0. The highest BCUT2D eigenvalue weighted by molar-refractivity contribution is 5.77. The second kappa shape index (κ2) is 9.82. The predicted molar refractivity (Wildman–Crippen MR) is 113 cm³/mol. The second-order valence-electron chi connectivity index (χ2n) is 7.15. The molecular weight excluding hydrogens is 385 g/mol. The van der Waals surface area contributed by atoms with E-state index in [4.69, 9.17) is 4.74 Å². The van der Waals surface area contributed by atoms with Crippen LogP contribution in [0.4, 0.5) is 4.39 Å². The van der Waals surface area contributed by atoms with Gasteiger partial charge in [0.1, 0.15) is 11.6 Å². The number of rotatable bonds is 8. The van der Waals surface area contributed by atoms with Gasteiger partial charge in [-0.2, -0.15) is 5.10 Å². The minimum atomic E-state index is -0.340. The summed E-state index contributed by atoms with van der Waals surface area (Å²) in [6.07, 6.45) is 0. The number of carbonyl (C=O) groups excluding carboxylic acids is 1. The molecule has 0 unspecified atom stereocenters. The number of amides is 1. The molecule has 156 valence electrons. The number of ether oxygens (including phenoxy) is 1. The average Bonchev–Trinajstić information content (AvgIpc) is 2.74. The fourth-order valence-electron chi connectivity index (χ4n) is 2.83. The molecule has 0 spiro atoms. The van der Waals surface area contributed by atoms with Crippen molar-refractivity contribution in [3.05, 3.63) is 82.4 Å². The Balaban J connectivity index is 1.50. The summed E-state index contributed by atoms with van der Waals surface area (Å²) in [5.74, 6) is 0.430. The van der Waals surface area contributed by atoms with Crippen molar-refractivity contribution in [2.24, 2.45) is 0 Å². The van der Waals surface area contributed by atoms with Crippen molar-refractivity contribution >= 4 is 5.91 Å². The van der Waals surface area contributed by atoms with Gasteiger partial charge in [-0.25, -0.2) is 9.07 Å². The van der Waals surface area contributed by atoms with Gasteiger partial charge >= 0.3 is 0 Å². The van der Waals surface area contributed by atoms with Gasteiger partial charge in [0.05, 0.1) is 12.2 Å². The number of hydrogen-bond donors (Lipinski definition) is 1. The summed E-state index contributed by atoms with van der Waals surface area (Å²) in [6.45, 7) is 4.55. The van der Waals surface area contributed by atoms with Gasteiger partial charge in [0, 0.05) is 18.2 Å². The lowest BCUT2D eigenvalue weighted by Gasteiger charge is -2.10. The van der Waals surface area contributed by atoms with Crippen molar-refractivity contribution in [1.29, 1.82) is 0 Å². The zero-order chi connectivity index (χ0) is 21.5. The number of aromatic nitrogens is 2. The maximum atomic E-state index is 13.1. The first-order chi connectivity index (χ1) is 14.4. The van der Waals surface area contributed by atoms with Crippen LogP contribution in [0.5, 0.6) is 5.75 Å². The molecule has 30 heavy (non-hydrogen) atoms. The molecule has 3 aromatic rings. The lowest BCUT2D eigenvalue weighted by molar-refractivity contribution is -0.123. The summed E-state index contributed by atoms with van der Waals surface area (Å²) in [5, 5.41) is 7.00. The minimum absolute atomic E-state index is 0.112. The smallest absolute Gasteiger partial charge is 0.266 e. The van der Waals surface area contributed by atoms with E-state index in [0.29, 0.717) is 22.9 Å². The molecule has 0 aliphatic rings. The number of benzene rings is 2. The molecule has 2 aromatic carbocycles. The first kappa shape index (κ1) is 21.2. The molecule has 1 aromatic heterocycles. The third-order valence-electron chi connectivity index (χ3n) is 4.57. The van der Waals surface area contributed by atoms with Gasteiger partial charge in [0.2, 0.25) is 0 Å². The van der Waals surface area contributed by atoms with E-state index in [0.717, 1.165) is 0 Å². The van der Waals surface area contributed by atoms with Crippen molar-refractivity contribution in [2.75, 3.05) is 13.2 Å². The first-order valence-corrected chi connectivity index (χ1v) is 9.76. The van der Waals surface area contributed by atoms with E-state index < -0.39 is 0 Å². The average molecular weight is 409 g/mol. The van der Waals surface area contributed by atoms with Crippen LogP contribution < -0.4 is 15.6 Å². The van der Waals surface area contributed by atoms with Crippen LogP contribution in [-0.2, 0) is 11.3 Å². The molecule has 0 saturated heterocycles. The van der Waals surface area contributed by atoms with Gasteiger partial charge < -0.3 is 10.1 Å². The molecule has 0 radical (unpaired) electrons. The lowest BCUT2D eigenvalue weighted by Crippen LogP contribution is -2.34. The molecule has 0 fully saturated rings. The van der Waals surface area contributed by atoms with Gasteiger partial charge in [-0.1, -0.05) is 26.0 Å². The van der Waals surface area contributed by atoms with Crippen LogP contribution >= 0.6 is 0 Å². The normalized spacial score (nSPS) is 10.8. The van der Waals surface area contributed by atoms with Crippen molar-refractivity contribution in [3.8, 4) is 17.0 Å². The van der Waals surface area contributed by atoms with Crippen LogP contribution in [0, 0.1) is 5.82 Å². The Hall–Kier alpha value is -3.48. The molecule has 6 nitrogen and oxygen atoms in total. The molecule has 0 saturated carbocycles. The first-order valence-electron chi connectivity index (χ1n) is 9.76. The van der Waals surface area contributed by atoms with Gasteiger partial charge in [0.15, 0.2) is 6.61 Å². The minimum Gasteiger partial charge on any atom is -0.484 e. The van der Waals surface area contributed by atoms with Crippen LogP contribution in [0.3, 0.4) is 0 Å². The third-order valence-corrected chi connectivity index (χ3v) is 4.57. The van der Waals surface area contributed by atoms with E-state index in [2.05, 4.69) is 24.3 Å². The van der Waals surface area contributed by atoms with Gasteiger partial charge in [0.25, 0.3) is 11.5 Å². The van der Waals surface area contributed by atoms with E-state index in [1.54, 1.807) is 18.2 Å². The van der Waals surface area contributed by atoms with Crippen molar-refractivity contribution in [2.45, 2.75) is 26.3 Å². The van der Waals surface area contributed by atoms with Crippen molar-refractivity contribution in [3.63, 3.8) is 0 Å². The maximum Gasteiger partial charge on any atom is 0.266 e. The number of nitrogens with one attached hydrogen (secondary N) is 1. The molecule has 0 aliphatic carbocycles. The molecule has 0 atom stereocenters. The highest BCUT2D eigenvalue weighted by Crippen LogP contribution is 2.18. The molecule has 1 N–H and O–H groups in total. The van der Waals surface area contributed by atoms with E-state index in [9.17, 15) is 14.0 Å². The summed E-state index contributed by atoms with van der Waals surface area (Å²) in [7, 11) is 0. The van der Waals surface area contributed by atoms with Crippen LogP contribution in [0.2, 0.25) is 0 Å². The topological polar surface area (TPSA) is 73.2 Å². The van der Waals surface area contributed by atoms with Crippen LogP contribution in [-0.4, -0.2) is 28.8 Å². The molecule has 1 amide bonds. The fraction of sp³-hybridized carbons (Fsp3) is 0.261. The Labute approximate surface area is 174 Å². The molecule has 1 heterocycles. The van der Waals surface area contributed by atoms with Crippen molar-refractivity contribution in [1.82, 2.24) is 15.1 Å². The van der Waals surface area contributed by atoms with Crippen LogP contribution in [0.1, 0.15) is 25.3 Å². The molecule has 7 heteroatoms. The Bertz CT molecular complexity index is 1040. The Kier molecular flexibility index (Phi) is 6.95. The molecule has 3 rings (SSSR count). The third kappa shape index (κ3) is 5.76. The molecule has 0 aliphatic heterocycles. The Morgan fingerprint density at radius 1 is 1.07 bits per heavy atom. The number of carbonyl (C=O) groups is 1. The predicted octanol–water partition coefficient (Wildman–Crippen LogP) is 3.37. The second-order valence-corrected chi connectivity index (χ2v) is 7.15. The monoisotopic (exact) mass is 409 g/mol. The van der Waals surface area contributed by atoms with Gasteiger partial charge in [-0.15, -0.1) is 0 Å². The largest absolute Gasteiger partial charge is 0.484 e. The number of halogens is 1. The summed E-state index contributed by atoms with van der Waals surface area (Å²) in [6, 6.07) is 16.5. The van der Waals surface area contributed by atoms with E-state index in [1.165, 1.54) is 28.4 Å². The Morgan fingerprint density at radius 3 is 2.43 bits per heavy atom. The quantitative estimate of drug-likeness (QED) is 0.619. The summed E-state index contributed by atoms with van der Waals surface area (Å²) < 4.78 is 19.8. The SMILES string of the molecule is CC(C)c1ccc(OCC(=O)NCCn2nc(-c3ccc(F)cc3)ccc2=O)cc1. The van der Waals surface area contributed by atoms with Gasteiger partial charge in [-0.05, 0) is 53.9 Å². The van der Waals surface area contributed by atoms with Crippen LogP contribution in [0.15, 0.2) is 65.5 Å². The highest BCUT2D eigenvalue weighted by atomic mass is 19.1.